The number of hydrogen-bond donors (Lipinski definition) is 1. The van der Waals surface area contributed by atoms with Gasteiger partial charge in [-0.2, -0.15) is 0 Å². The highest BCUT2D eigenvalue weighted by Crippen LogP contribution is 2.40. The standard InChI is InChI=1S/C13H15F4N/c14-9-6-8(10(15)12(17)11(9)16)13(7-18)4-2-1-3-5-13/h6H,1-5,7,18H2. The third-order valence-electron chi connectivity index (χ3n) is 3.88. The maximum atomic E-state index is 13.8. The van der Waals surface area contributed by atoms with Crippen molar-refractivity contribution in [3.05, 3.63) is 34.9 Å². The Morgan fingerprint density at radius 1 is 0.944 bits per heavy atom. The lowest BCUT2D eigenvalue weighted by Crippen LogP contribution is -2.38. The zero-order chi connectivity index (χ0) is 13.3. The monoisotopic (exact) mass is 261 g/mol. The zero-order valence-corrected chi connectivity index (χ0v) is 9.91. The molecule has 0 aromatic heterocycles. The van der Waals surface area contributed by atoms with E-state index in [0.29, 0.717) is 12.8 Å². The van der Waals surface area contributed by atoms with Crippen LogP contribution >= 0.6 is 0 Å². The molecule has 0 amide bonds. The van der Waals surface area contributed by atoms with Crippen molar-refractivity contribution in [1.82, 2.24) is 0 Å². The van der Waals surface area contributed by atoms with Gasteiger partial charge < -0.3 is 5.73 Å². The van der Waals surface area contributed by atoms with Gasteiger partial charge in [-0.3, -0.25) is 0 Å². The molecule has 0 bridgehead atoms. The highest BCUT2D eigenvalue weighted by molar-refractivity contribution is 5.30. The first-order chi connectivity index (χ1) is 8.52. The molecule has 18 heavy (non-hydrogen) atoms. The molecule has 1 aromatic carbocycles. The molecule has 0 heterocycles. The zero-order valence-electron chi connectivity index (χ0n) is 9.91. The van der Waals surface area contributed by atoms with Gasteiger partial charge in [0.2, 0.25) is 0 Å². The van der Waals surface area contributed by atoms with Crippen molar-refractivity contribution in [2.24, 2.45) is 5.73 Å². The Balaban J connectivity index is 2.55. The Morgan fingerprint density at radius 2 is 1.56 bits per heavy atom. The van der Waals surface area contributed by atoms with Crippen LogP contribution in [0.25, 0.3) is 0 Å². The van der Waals surface area contributed by atoms with Gasteiger partial charge >= 0.3 is 0 Å². The SMILES string of the molecule is NCC1(c2cc(F)c(F)c(F)c2F)CCCCC1. The summed E-state index contributed by atoms with van der Waals surface area (Å²) < 4.78 is 53.3. The molecular weight excluding hydrogens is 246 g/mol. The molecule has 1 saturated carbocycles. The van der Waals surface area contributed by atoms with E-state index in [1.807, 2.05) is 0 Å². The summed E-state index contributed by atoms with van der Waals surface area (Å²) in [5.74, 6) is -6.17. The lowest BCUT2D eigenvalue weighted by molar-refractivity contribution is 0.282. The quantitative estimate of drug-likeness (QED) is 0.493. The second-order valence-electron chi connectivity index (χ2n) is 4.89. The first-order valence-electron chi connectivity index (χ1n) is 6.05. The van der Waals surface area contributed by atoms with E-state index in [9.17, 15) is 17.6 Å². The first kappa shape index (κ1) is 13.3. The Labute approximate surface area is 103 Å². The van der Waals surface area contributed by atoms with Gasteiger partial charge in [0.05, 0.1) is 0 Å². The molecule has 0 unspecified atom stereocenters. The summed E-state index contributed by atoms with van der Waals surface area (Å²) in [6.07, 6.45) is 3.81. The van der Waals surface area contributed by atoms with Crippen LogP contribution in [0.2, 0.25) is 0 Å². The van der Waals surface area contributed by atoms with Gasteiger partial charge in [0.15, 0.2) is 23.3 Å². The minimum atomic E-state index is -1.76. The molecule has 1 aromatic rings. The predicted molar refractivity (Wildman–Crippen MR) is 60.1 cm³/mol. The van der Waals surface area contributed by atoms with Crippen molar-refractivity contribution >= 4 is 0 Å². The summed E-state index contributed by atoms with van der Waals surface area (Å²) in [6.45, 7) is 0.106. The van der Waals surface area contributed by atoms with E-state index in [4.69, 9.17) is 5.73 Å². The van der Waals surface area contributed by atoms with Crippen molar-refractivity contribution in [3.63, 3.8) is 0 Å². The van der Waals surface area contributed by atoms with Crippen LogP contribution in [0.5, 0.6) is 0 Å². The smallest absolute Gasteiger partial charge is 0.197 e. The van der Waals surface area contributed by atoms with Gasteiger partial charge in [-0.15, -0.1) is 0 Å². The van der Waals surface area contributed by atoms with Crippen molar-refractivity contribution in [2.45, 2.75) is 37.5 Å². The highest BCUT2D eigenvalue weighted by atomic mass is 19.2. The summed E-state index contributed by atoms with van der Waals surface area (Å²) in [5, 5.41) is 0. The minimum absolute atomic E-state index is 0.106. The van der Waals surface area contributed by atoms with Gasteiger partial charge in [0.25, 0.3) is 0 Å². The van der Waals surface area contributed by atoms with Gasteiger partial charge in [-0.1, -0.05) is 19.3 Å². The highest BCUT2D eigenvalue weighted by Gasteiger charge is 2.37. The first-order valence-corrected chi connectivity index (χ1v) is 6.05. The maximum absolute atomic E-state index is 13.8. The summed E-state index contributed by atoms with van der Waals surface area (Å²) in [5.41, 5.74) is 4.78. The summed E-state index contributed by atoms with van der Waals surface area (Å²) in [7, 11) is 0. The lowest BCUT2D eigenvalue weighted by Gasteiger charge is -2.37. The largest absolute Gasteiger partial charge is 0.330 e. The molecule has 0 aliphatic heterocycles. The third-order valence-corrected chi connectivity index (χ3v) is 3.88. The number of halogens is 4. The molecule has 2 rings (SSSR count). The predicted octanol–water partition coefficient (Wildman–Crippen LogP) is 3.40. The number of nitrogens with two attached hydrogens (primary N) is 1. The van der Waals surface area contributed by atoms with Gasteiger partial charge in [0.1, 0.15) is 0 Å². The molecule has 5 heteroatoms. The molecule has 1 aliphatic rings. The van der Waals surface area contributed by atoms with E-state index in [1.54, 1.807) is 0 Å². The van der Waals surface area contributed by atoms with Crippen molar-refractivity contribution in [3.8, 4) is 0 Å². The number of hydrogen-bond acceptors (Lipinski definition) is 1. The molecule has 0 atom stereocenters. The second kappa shape index (κ2) is 4.88. The van der Waals surface area contributed by atoms with Crippen LogP contribution < -0.4 is 5.73 Å². The van der Waals surface area contributed by atoms with Crippen LogP contribution in [0, 0.1) is 23.3 Å². The molecule has 2 N–H and O–H groups in total. The second-order valence-corrected chi connectivity index (χ2v) is 4.89. The number of benzene rings is 1. The van der Waals surface area contributed by atoms with Crippen molar-refractivity contribution in [2.75, 3.05) is 6.54 Å². The molecule has 1 fully saturated rings. The van der Waals surface area contributed by atoms with Crippen LogP contribution in [-0.2, 0) is 5.41 Å². The van der Waals surface area contributed by atoms with E-state index in [1.165, 1.54) is 0 Å². The van der Waals surface area contributed by atoms with Gasteiger partial charge in [-0.05, 0) is 18.9 Å². The molecule has 100 valence electrons. The average molecular weight is 261 g/mol. The van der Waals surface area contributed by atoms with Crippen LogP contribution in [0.1, 0.15) is 37.7 Å². The van der Waals surface area contributed by atoms with E-state index in [2.05, 4.69) is 0 Å². The fourth-order valence-electron chi connectivity index (χ4n) is 2.77. The third kappa shape index (κ3) is 2.00. The molecule has 1 aliphatic carbocycles. The van der Waals surface area contributed by atoms with E-state index in [-0.39, 0.29) is 12.1 Å². The topological polar surface area (TPSA) is 26.0 Å². The van der Waals surface area contributed by atoms with E-state index < -0.39 is 28.7 Å². The Morgan fingerprint density at radius 3 is 2.11 bits per heavy atom. The fourth-order valence-corrected chi connectivity index (χ4v) is 2.77. The summed E-state index contributed by atoms with van der Waals surface area (Å²) in [4.78, 5) is 0. The van der Waals surface area contributed by atoms with Crippen LogP contribution in [-0.4, -0.2) is 6.54 Å². The maximum Gasteiger partial charge on any atom is 0.197 e. The number of rotatable bonds is 2. The van der Waals surface area contributed by atoms with Crippen LogP contribution in [0.15, 0.2) is 6.07 Å². The summed E-state index contributed by atoms with van der Waals surface area (Å²) >= 11 is 0. The van der Waals surface area contributed by atoms with Crippen LogP contribution in [0.3, 0.4) is 0 Å². The normalized spacial score (nSPS) is 18.9. The Kier molecular flexibility index (Phi) is 3.61. The minimum Gasteiger partial charge on any atom is -0.330 e. The lowest BCUT2D eigenvalue weighted by atomic mass is 9.69. The molecule has 0 radical (unpaired) electrons. The van der Waals surface area contributed by atoms with Crippen molar-refractivity contribution in [1.29, 1.82) is 0 Å². The molecule has 0 spiro atoms. The Hall–Kier alpha value is -1.10. The average Bonchev–Trinajstić information content (AvgIpc) is 2.41. The van der Waals surface area contributed by atoms with E-state index >= 15 is 0 Å². The molecular formula is C13H15F4N. The van der Waals surface area contributed by atoms with Gasteiger partial charge in [0, 0.05) is 17.5 Å². The van der Waals surface area contributed by atoms with Crippen LogP contribution in [0.4, 0.5) is 17.6 Å². The van der Waals surface area contributed by atoms with Gasteiger partial charge in [-0.25, -0.2) is 17.6 Å². The fraction of sp³-hybridized carbons (Fsp3) is 0.538. The Bertz CT molecular complexity index is 453. The van der Waals surface area contributed by atoms with Crippen molar-refractivity contribution < 1.29 is 17.6 Å². The molecule has 0 saturated heterocycles. The van der Waals surface area contributed by atoms with E-state index in [0.717, 1.165) is 25.3 Å². The summed E-state index contributed by atoms with van der Waals surface area (Å²) in [6, 6.07) is 0.756. The molecule has 1 nitrogen and oxygen atoms in total.